The molecule has 6 rings (SSSR count). The summed E-state index contributed by atoms with van der Waals surface area (Å²) in [6.45, 7) is 7.67. The molecule has 5 aromatic rings. The molecule has 0 saturated heterocycles. The molecule has 0 bridgehead atoms. The summed E-state index contributed by atoms with van der Waals surface area (Å²) < 4.78 is 14.9. The molecular formula is C33H34N6O5. The average Bonchev–Trinajstić information content (AvgIpc) is 3.51. The molecule has 1 N–H and O–H groups in total. The summed E-state index contributed by atoms with van der Waals surface area (Å²) in [5.41, 5.74) is 4.69. The van der Waals surface area contributed by atoms with E-state index in [2.05, 4.69) is 4.98 Å². The zero-order valence-corrected chi connectivity index (χ0v) is 25.3. The fraction of sp³-hybridized carbons (Fsp3) is 0.273. The number of carbonyl (C=O) groups is 2. The molecule has 1 aliphatic rings. The van der Waals surface area contributed by atoms with Gasteiger partial charge in [0.15, 0.2) is 11.5 Å². The van der Waals surface area contributed by atoms with Gasteiger partial charge in [0, 0.05) is 5.70 Å². The van der Waals surface area contributed by atoms with Crippen LogP contribution in [0.4, 0.5) is 4.79 Å². The summed E-state index contributed by atoms with van der Waals surface area (Å²) in [4.78, 5) is 41.2. The van der Waals surface area contributed by atoms with Crippen molar-refractivity contribution >= 4 is 34.1 Å². The number of para-hydroxylation sites is 4. The molecule has 2 aromatic heterocycles. The Kier molecular flexibility index (Phi) is 7.46. The van der Waals surface area contributed by atoms with Crippen molar-refractivity contribution in [1.29, 1.82) is 0 Å². The van der Waals surface area contributed by atoms with Gasteiger partial charge in [-0.05, 0) is 69.7 Å². The van der Waals surface area contributed by atoms with E-state index in [1.165, 1.54) is 13.2 Å². The highest BCUT2D eigenvalue weighted by molar-refractivity contribution is 5.95. The van der Waals surface area contributed by atoms with Crippen LogP contribution in [0.3, 0.4) is 0 Å². The van der Waals surface area contributed by atoms with Crippen molar-refractivity contribution in [3.63, 3.8) is 0 Å². The van der Waals surface area contributed by atoms with Gasteiger partial charge in [0.1, 0.15) is 25.0 Å². The number of urea groups is 1. The first kappa shape index (κ1) is 28.8. The van der Waals surface area contributed by atoms with Gasteiger partial charge in [-0.25, -0.2) is 19.6 Å². The normalized spacial score (nSPS) is 15.5. The van der Waals surface area contributed by atoms with Gasteiger partial charge in [0.25, 0.3) is 0 Å². The molecule has 0 fully saturated rings. The van der Waals surface area contributed by atoms with Gasteiger partial charge in [0.2, 0.25) is 0 Å². The third kappa shape index (κ3) is 4.80. The molecule has 1 atom stereocenters. The number of esters is 1. The first-order valence-electron chi connectivity index (χ1n) is 14.4. The number of hydrogen-bond acceptors (Lipinski definition) is 7. The number of aromatic hydroxyl groups is 1. The molecule has 11 nitrogen and oxygen atoms in total. The van der Waals surface area contributed by atoms with Gasteiger partial charge in [-0.15, -0.1) is 0 Å². The van der Waals surface area contributed by atoms with Crippen molar-refractivity contribution < 1.29 is 24.2 Å². The van der Waals surface area contributed by atoms with E-state index >= 15 is 0 Å². The van der Waals surface area contributed by atoms with Gasteiger partial charge in [-0.2, -0.15) is 0 Å². The number of aromatic nitrogens is 4. The monoisotopic (exact) mass is 594 g/mol. The predicted octanol–water partition coefficient (Wildman–Crippen LogP) is 5.65. The van der Waals surface area contributed by atoms with Gasteiger partial charge in [-0.3, -0.25) is 9.80 Å². The van der Waals surface area contributed by atoms with Crippen LogP contribution in [0, 0.1) is 13.8 Å². The summed E-state index contributed by atoms with van der Waals surface area (Å²) >= 11 is 0. The molecule has 11 heteroatoms. The molecule has 0 spiro atoms. The maximum atomic E-state index is 14.7. The van der Waals surface area contributed by atoms with Crippen LogP contribution in [-0.2, 0) is 22.9 Å². The van der Waals surface area contributed by atoms with Crippen LogP contribution in [0.25, 0.3) is 22.1 Å². The fourth-order valence-electron chi connectivity index (χ4n) is 5.94. The Morgan fingerprint density at radius 1 is 0.886 bits per heavy atom. The number of nitrogens with zero attached hydrogens (tertiary/aromatic N) is 6. The molecular weight excluding hydrogens is 560 g/mol. The predicted molar refractivity (Wildman–Crippen MR) is 165 cm³/mol. The Labute approximate surface area is 254 Å². The largest absolute Gasteiger partial charge is 0.504 e. The number of ether oxygens (including phenoxy) is 2. The summed E-state index contributed by atoms with van der Waals surface area (Å²) in [6, 6.07) is 19.1. The number of allylic oxidation sites excluding steroid dienone is 1. The lowest BCUT2D eigenvalue weighted by Gasteiger charge is -2.43. The molecule has 1 aliphatic heterocycles. The van der Waals surface area contributed by atoms with E-state index in [4.69, 9.17) is 14.5 Å². The van der Waals surface area contributed by atoms with Crippen molar-refractivity contribution in [2.75, 3.05) is 13.7 Å². The van der Waals surface area contributed by atoms with Crippen LogP contribution >= 0.6 is 0 Å². The highest BCUT2D eigenvalue weighted by Crippen LogP contribution is 2.41. The summed E-state index contributed by atoms with van der Waals surface area (Å²) in [5, 5.41) is 10.4. The summed E-state index contributed by atoms with van der Waals surface area (Å²) in [6.07, 6.45) is 0. The molecule has 0 radical (unpaired) electrons. The number of aryl methyl sites for hydroxylation is 2. The van der Waals surface area contributed by atoms with Crippen LogP contribution in [0.5, 0.6) is 11.5 Å². The lowest BCUT2D eigenvalue weighted by Crippen LogP contribution is -2.51. The second-order valence-electron chi connectivity index (χ2n) is 10.7. The quantitative estimate of drug-likeness (QED) is 0.231. The third-order valence-electron chi connectivity index (χ3n) is 8.14. The van der Waals surface area contributed by atoms with Crippen molar-refractivity contribution in [1.82, 2.24) is 28.9 Å². The summed E-state index contributed by atoms with van der Waals surface area (Å²) in [5.74, 6) is 1.08. The zero-order valence-electron chi connectivity index (χ0n) is 25.3. The number of fused-ring (bicyclic) bond motifs is 2. The van der Waals surface area contributed by atoms with Crippen molar-refractivity contribution in [3.05, 3.63) is 95.2 Å². The van der Waals surface area contributed by atoms with E-state index in [9.17, 15) is 14.7 Å². The van der Waals surface area contributed by atoms with E-state index in [0.29, 0.717) is 22.7 Å². The van der Waals surface area contributed by atoms with Crippen LogP contribution < -0.4 is 4.74 Å². The Morgan fingerprint density at radius 3 is 2.07 bits per heavy atom. The number of carbonyl (C=O) groups excluding carboxylic acids is 2. The Hall–Kier alpha value is -5.32. The number of rotatable bonds is 8. The van der Waals surface area contributed by atoms with E-state index in [-0.39, 0.29) is 37.5 Å². The van der Waals surface area contributed by atoms with Crippen LogP contribution in [0.2, 0.25) is 0 Å². The molecule has 1 unspecified atom stereocenters. The average molecular weight is 595 g/mol. The maximum absolute atomic E-state index is 14.7. The number of hydrogen-bond donors (Lipinski definition) is 1. The Balaban J connectivity index is 1.56. The van der Waals surface area contributed by atoms with E-state index in [1.807, 2.05) is 71.5 Å². The minimum absolute atomic E-state index is 0.0520. The van der Waals surface area contributed by atoms with E-state index in [1.54, 1.807) is 35.8 Å². The standard InChI is InChI=1S/C33H34N6O5/c1-6-44-32(41)30-20(2)36(18-37-21(3)34-24-11-7-9-13-26(24)37)33(42)39(31(30)23-15-16-28(40)29(17-23)43-5)19-38-22(4)35-25-12-8-10-14-27(25)38/h7-17,31,40H,6,18-19H2,1-5H3. The SMILES string of the molecule is CCOC(=O)C1=C(C)N(Cn2c(C)nc3ccccc32)C(=O)N(Cn2c(C)nc3ccccc32)C1c1ccc(O)c(OC)c1. The minimum atomic E-state index is -0.853. The minimum Gasteiger partial charge on any atom is -0.504 e. The van der Waals surface area contributed by atoms with Crippen molar-refractivity contribution in [2.45, 2.75) is 47.1 Å². The zero-order chi connectivity index (χ0) is 31.1. The number of benzene rings is 3. The molecule has 2 amide bonds. The highest BCUT2D eigenvalue weighted by Gasteiger charge is 2.43. The highest BCUT2D eigenvalue weighted by atomic mass is 16.5. The van der Waals surface area contributed by atoms with Crippen LogP contribution in [0.1, 0.15) is 37.1 Å². The topological polar surface area (TPSA) is 115 Å². The summed E-state index contributed by atoms with van der Waals surface area (Å²) in [7, 11) is 1.45. The Bertz CT molecular complexity index is 1940. The van der Waals surface area contributed by atoms with Gasteiger partial charge >= 0.3 is 12.0 Å². The van der Waals surface area contributed by atoms with E-state index < -0.39 is 12.0 Å². The first-order chi connectivity index (χ1) is 21.2. The molecule has 3 heterocycles. The van der Waals surface area contributed by atoms with Gasteiger partial charge in [0.05, 0.1) is 47.4 Å². The number of phenolic OH excluding ortho intramolecular Hbond substituents is 1. The second kappa shape index (κ2) is 11.4. The number of amides is 2. The molecule has 226 valence electrons. The number of methoxy groups -OCH3 is 1. The fourth-order valence-corrected chi connectivity index (χ4v) is 5.94. The van der Waals surface area contributed by atoms with Crippen LogP contribution in [-0.4, -0.2) is 59.7 Å². The second-order valence-corrected chi connectivity index (χ2v) is 10.7. The van der Waals surface area contributed by atoms with Gasteiger partial charge < -0.3 is 23.7 Å². The van der Waals surface area contributed by atoms with Crippen molar-refractivity contribution in [2.24, 2.45) is 0 Å². The van der Waals surface area contributed by atoms with Gasteiger partial charge in [-0.1, -0.05) is 30.3 Å². The molecule has 44 heavy (non-hydrogen) atoms. The molecule has 0 saturated carbocycles. The van der Waals surface area contributed by atoms with Crippen LogP contribution in [0.15, 0.2) is 78.0 Å². The smallest absolute Gasteiger partial charge is 0.338 e. The Morgan fingerprint density at radius 2 is 1.48 bits per heavy atom. The third-order valence-corrected chi connectivity index (χ3v) is 8.14. The lowest BCUT2D eigenvalue weighted by atomic mass is 9.93. The number of phenols is 1. The number of imidazole rings is 2. The molecule has 3 aromatic carbocycles. The first-order valence-corrected chi connectivity index (χ1v) is 14.4. The lowest BCUT2D eigenvalue weighted by molar-refractivity contribution is -0.139. The molecule has 0 aliphatic carbocycles. The maximum Gasteiger partial charge on any atom is 0.338 e. The van der Waals surface area contributed by atoms with Crippen molar-refractivity contribution in [3.8, 4) is 11.5 Å². The van der Waals surface area contributed by atoms with E-state index in [0.717, 1.165) is 27.9 Å².